The van der Waals surface area contributed by atoms with Gasteiger partial charge in [0.15, 0.2) is 0 Å². The van der Waals surface area contributed by atoms with Crippen molar-refractivity contribution in [1.29, 1.82) is 0 Å². The van der Waals surface area contributed by atoms with Crippen molar-refractivity contribution in [2.75, 3.05) is 0 Å². The number of fused-ring (bicyclic) bond motifs is 1. The summed E-state index contributed by atoms with van der Waals surface area (Å²) in [5, 5.41) is 10.4. The van der Waals surface area contributed by atoms with E-state index in [1.165, 1.54) is 0 Å². The Balaban J connectivity index is 0.000000605. The summed E-state index contributed by atoms with van der Waals surface area (Å²) in [5.74, 6) is 0. The molecule has 1 aromatic heterocycles. The summed E-state index contributed by atoms with van der Waals surface area (Å²) < 4.78 is 0. The summed E-state index contributed by atoms with van der Waals surface area (Å²) in [6, 6.07) is 5.96. The number of nitrogens with zero attached hydrogens (tertiary/aromatic N) is 2. The molecule has 0 aliphatic heterocycles. The summed E-state index contributed by atoms with van der Waals surface area (Å²) in [5.41, 5.74) is 3.12. The number of hydrogen-bond acceptors (Lipinski definition) is 2. The van der Waals surface area contributed by atoms with Crippen LogP contribution in [0.4, 0.5) is 0 Å². The second-order valence-corrected chi connectivity index (χ2v) is 2.28. The van der Waals surface area contributed by atoms with Crippen LogP contribution >= 0.6 is 0 Å². The van der Waals surface area contributed by atoms with Crippen molar-refractivity contribution in [2.45, 2.75) is 6.92 Å². The summed E-state index contributed by atoms with van der Waals surface area (Å²) in [6.07, 6.45) is 0. The molecule has 4 heteroatoms. The number of nitrogens with one attached hydrogen (secondary N) is 1. The quantitative estimate of drug-likeness (QED) is 0.705. The maximum Gasteiger partial charge on any atom is 0.115 e. The maximum absolute atomic E-state index is 3.91. The Hall–Kier alpha value is -0.640. The fourth-order valence-corrected chi connectivity index (χ4v) is 1.01. The average molecular weight is 241 g/mol. The van der Waals surface area contributed by atoms with Gasteiger partial charge in [0.25, 0.3) is 0 Å². The molecule has 0 atom stereocenters. The van der Waals surface area contributed by atoms with E-state index in [0.717, 1.165) is 16.6 Å². The zero-order valence-electron chi connectivity index (χ0n) is 5.93. The normalized spacial score (nSPS) is 9.55. The molecular formula is C7H7AgN3. The Bertz CT molecular complexity index is 355. The number of aromatic amines is 1. The van der Waals surface area contributed by atoms with Crippen molar-refractivity contribution in [3.8, 4) is 0 Å². The van der Waals surface area contributed by atoms with Crippen LogP contribution < -0.4 is 0 Å². The van der Waals surface area contributed by atoms with Crippen molar-refractivity contribution in [3.63, 3.8) is 0 Å². The van der Waals surface area contributed by atoms with Gasteiger partial charge in [0.1, 0.15) is 5.52 Å². The van der Waals surface area contributed by atoms with Gasteiger partial charge in [-0.2, -0.15) is 0 Å². The first-order valence-corrected chi connectivity index (χ1v) is 3.14. The van der Waals surface area contributed by atoms with Crippen molar-refractivity contribution in [1.82, 2.24) is 15.4 Å². The predicted octanol–water partition coefficient (Wildman–Crippen LogP) is 1.26. The molecule has 61 valence electrons. The third-order valence-corrected chi connectivity index (χ3v) is 1.56. The van der Waals surface area contributed by atoms with Gasteiger partial charge in [-0.15, -0.1) is 5.10 Å². The Morgan fingerprint density at radius 1 is 1.36 bits per heavy atom. The molecule has 0 unspecified atom stereocenters. The number of rotatable bonds is 0. The fraction of sp³-hybridized carbons (Fsp3) is 0.143. The van der Waals surface area contributed by atoms with E-state index in [4.69, 9.17) is 0 Å². The van der Waals surface area contributed by atoms with Gasteiger partial charge in [-0.3, -0.25) is 5.10 Å². The van der Waals surface area contributed by atoms with Crippen LogP contribution in [0.25, 0.3) is 11.0 Å². The monoisotopic (exact) mass is 240 g/mol. The van der Waals surface area contributed by atoms with E-state index < -0.39 is 0 Å². The molecular weight excluding hydrogens is 234 g/mol. The van der Waals surface area contributed by atoms with E-state index in [0.29, 0.717) is 0 Å². The summed E-state index contributed by atoms with van der Waals surface area (Å²) in [7, 11) is 0. The zero-order chi connectivity index (χ0) is 6.97. The molecule has 0 amide bonds. The van der Waals surface area contributed by atoms with E-state index in [9.17, 15) is 0 Å². The topological polar surface area (TPSA) is 41.6 Å². The zero-order valence-corrected chi connectivity index (χ0v) is 7.41. The standard InChI is InChI=1S/C7H7N3.Ag/c1-5-3-2-4-6-7(5)9-10-8-6;/h2-4H,1H3,(H,8,9,10);. The van der Waals surface area contributed by atoms with Gasteiger partial charge >= 0.3 is 0 Å². The van der Waals surface area contributed by atoms with Crippen LogP contribution in [0.3, 0.4) is 0 Å². The minimum atomic E-state index is 0. The largest absolute Gasteiger partial charge is 0.258 e. The fourth-order valence-electron chi connectivity index (χ4n) is 1.01. The van der Waals surface area contributed by atoms with Crippen LogP contribution in [-0.4, -0.2) is 15.4 Å². The van der Waals surface area contributed by atoms with E-state index >= 15 is 0 Å². The van der Waals surface area contributed by atoms with E-state index in [-0.39, 0.29) is 22.4 Å². The van der Waals surface area contributed by atoms with Crippen molar-refractivity contribution < 1.29 is 22.4 Å². The molecule has 0 saturated carbocycles. The van der Waals surface area contributed by atoms with Gasteiger partial charge in [-0.05, 0) is 18.6 Å². The Labute approximate surface area is 79.7 Å². The van der Waals surface area contributed by atoms with E-state index in [1.54, 1.807) is 0 Å². The maximum atomic E-state index is 3.91. The molecule has 2 aromatic rings. The molecule has 0 fully saturated rings. The second-order valence-electron chi connectivity index (χ2n) is 2.28. The molecule has 0 aliphatic rings. The van der Waals surface area contributed by atoms with Gasteiger partial charge in [-0.25, -0.2) is 0 Å². The molecule has 2 rings (SSSR count). The third kappa shape index (κ3) is 1.35. The summed E-state index contributed by atoms with van der Waals surface area (Å²) >= 11 is 0. The minimum absolute atomic E-state index is 0. The van der Waals surface area contributed by atoms with Crippen LogP contribution in [-0.2, 0) is 22.4 Å². The first-order chi connectivity index (χ1) is 4.88. The van der Waals surface area contributed by atoms with Crippen LogP contribution in [0.15, 0.2) is 18.2 Å². The summed E-state index contributed by atoms with van der Waals surface area (Å²) in [4.78, 5) is 0. The van der Waals surface area contributed by atoms with Crippen molar-refractivity contribution in [2.24, 2.45) is 0 Å². The van der Waals surface area contributed by atoms with Crippen LogP contribution in [0.2, 0.25) is 0 Å². The smallest absolute Gasteiger partial charge is 0.115 e. The Kier molecular flexibility index (Phi) is 2.44. The first kappa shape index (κ1) is 8.46. The number of benzene rings is 1. The van der Waals surface area contributed by atoms with Gasteiger partial charge in [0.05, 0.1) is 5.52 Å². The number of aromatic nitrogens is 3. The average Bonchev–Trinajstić information content (AvgIpc) is 2.36. The van der Waals surface area contributed by atoms with Gasteiger partial charge in [0, 0.05) is 22.4 Å². The third-order valence-electron chi connectivity index (χ3n) is 1.56. The predicted molar refractivity (Wildman–Crippen MR) is 38.6 cm³/mol. The molecule has 0 aliphatic carbocycles. The first-order valence-electron chi connectivity index (χ1n) is 3.14. The molecule has 1 heterocycles. The summed E-state index contributed by atoms with van der Waals surface area (Å²) in [6.45, 7) is 2.02. The van der Waals surface area contributed by atoms with Gasteiger partial charge < -0.3 is 0 Å². The minimum Gasteiger partial charge on any atom is -0.258 e. The van der Waals surface area contributed by atoms with Crippen molar-refractivity contribution in [3.05, 3.63) is 23.8 Å². The number of hydrogen-bond donors (Lipinski definition) is 1. The molecule has 0 saturated heterocycles. The van der Waals surface area contributed by atoms with Crippen LogP contribution in [0.1, 0.15) is 5.56 Å². The number of H-pyrrole nitrogens is 1. The number of aryl methyl sites for hydroxylation is 1. The van der Waals surface area contributed by atoms with Crippen LogP contribution in [0.5, 0.6) is 0 Å². The molecule has 1 N–H and O–H groups in total. The SMILES string of the molecule is Cc1cccc2[nH]nnc12.[Ag]. The second kappa shape index (κ2) is 3.17. The van der Waals surface area contributed by atoms with Crippen LogP contribution in [0, 0.1) is 6.92 Å². The van der Waals surface area contributed by atoms with E-state index in [2.05, 4.69) is 15.4 Å². The van der Waals surface area contributed by atoms with Crippen molar-refractivity contribution >= 4 is 11.0 Å². The van der Waals surface area contributed by atoms with Gasteiger partial charge in [0.2, 0.25) is 0 Å². The van der Waals surface area contributed by atoms with E-state index in [1.807, 2.05) is 25.1 Å². The molecule has 0 spiro atoms. The molecule has 1 aromatic carbocycles. The molecule has 3 nitrogen and oxygen atoms in total. The molecule has 0 bridgehead atoms. The molecule has 11 heavy (non-hydrogen) atoms. The Morgan fingerprint density at radius 3 is 2.91 bits per heavy atom. The molecule has 1 radical (unpaired) electrons. The Morgan fingerprint density at radius 2 is 2.18 bits per heavy atom. The van der Waals surface area contributed by atoms with Gasteiger partial charge in [-0.1, -0.05) is 17.3 Å².